The topological polar surface area (TPSA) is 63.8 Å². The highest BCUT2D eigenvalue weighted by Crippen LogP contribution is 2.26. The predicted octanol–water partition coefficient (Wildman–Crippen LogP) is 2.22. The lowest BCUT2D eigenvalue weighted by Gasteiger charge is -2.03. The summed E-state index contributed by atoms with van der Waals surface area (Å²) >= 11 is 1.58. The number of hydrogen-bond acceptors (Lipinski definition) is 5. The molecule has 0 aliphatic carbocycles. The van der Waals surface area contributed by atoms with Crippen LogP contribution in [0.15, 0.2) is 46.5 Å². The van der Waals surface area contributed by atoms with Crippen molar-refractivity contribution in [2.45, 2.75) is 16.8 Å². The third-order valence-corrected chi connectivity index (χ3v) is 2.90. The van der Waals surface area contributed by atoms with E-state index in [-0.39, 0.29) is 0 Å². The second-order valence-corrected chi connectivity index (χ2v) is 4.38. The van der Waals surface area contributed by atoms with Crippen LogP contribution in [0.5, 0.6) is 0 Å². The van der Waals surface area contributed by atoms with E-state index in [9.17, 15) is 0 Å². The van der Waals surface area contributed by atoms with Crippen LogP contribution in [0.1, 0.15) is 5.56 Å². The van der Waals surface area contributed by atoms with E-state index in [1.165, 1.54) is 5.56 Å². The van der Waals surface area contributed by atoms with E-state index in [0.29, 0.717) is 5.95 Å². The van der Waals surface area contributed by atoms with Gasteiger partial charge in [0.25, 0.3) is 0 Å². The first-order chi connectivity index (χ1) is 7.78. The van der Waals surface area contributed by atoms with E-state index in [2.05, 4.69) is 40.5 Å². The molecular weight excluding hydrogens is 220 g/mol. The van der Waals surface area contributed by atoms with Crippen LogP contribution in [-0.2, 0) is 0 Å². The maximum Gasteiger partial charge on any atom is 0.238 e. The van der Waals surface area contributed by atoms with E-state index < -0.39 is 0 Å². The van der Waals surface area contributed by atoms with Crippen molar-refractivity contribution in [2.24, 2.45) is 5.84 Å². The number of rotatable bonds is 3. The molecule has 0 bridgehead atoms. The number of aromatic nitrogens is 2. The Kier molecular flexibility index (Phi) is 3.38. The van der Waals surface area contributed by atoms with Gasteiger partial charge in [-0.2, -0.15) is 0 Å². The van der Waals surface area contributed by atoms with Crippen LogP contribution in [-0.4, -0.2) is 9.97 Å². The molecule has 2 rings (SSSR count). The van der Waals surface area contributed by atoms with Crippen LogP contribution in [0.4, 0.5) is 5.95 Å². The molecule has 82 valence electrons. The molecule has 16 heavy (non-hydrogen) atoms. The molecule has 4 nitrogen and oxygen atoms in total. The summed E-state index contributed by atoms with van der Waals surface area (Å²) in [6.07, 6.45) is 1.68. The molecule has 0 saturated carbocycles. The summed E-state index contributed by atoms with van der Waals surface area (Å²) in [4.78, 5) is 9.34. The summed E-state index contributed by atoms with van der Waals surface area (Å²) in [5, 5.41) is 0.869. The summed E-state index contributed by atoms with van der Waals surface area (Å²) in [5.41, 5.74) is 3.66. The van der Waals surface area contributed by atoms with Gasteiger partial charge < -0.3 is 0 Å². The summed E-state index contributed by atoms with van der Waals surface area (Å²) in [6, 6.07) is 10.1. The van der Waals surface area contributed by atoms with Gasteiger partial charge in [0.2, 0.25) is 5.95 Å². The van der Waals surface area contributed by atoms with Crippen molar-refractivity contribution >= 4 is 17.7 Å². The van der Waals surface area contributed by atoms with E-state index >= 15 is 0 Å². The van der Waals surface area contributed by atoms with Gasteiger partial charge in [-0.1, -0.05) is 29.5 Å². The normalized spacial score (nSPS) is 10.1. The minimum atomic E-state index is 0.428. The molecule has 2 aromatic rings. The maximum absolute atomic E-state index is 5.25. The molecule has 1 aromatic carbocycles. The number of nitrogen functional groups attached to an aromatic ring is 1. The zero-order chi connectivity index (χ0) is 11.4. The Morgan fingerprint density at radius 1 is 1.31 bits per heavy atom. The SMILES string of the molecule is Cc1cccc(Sc2ccnc(NN)n2)c1. The highest BCUT2D eigenvalue weighted by molar-refractivity contribution is 7.99. The Balaban J connectivity index is 2.20. The molecule has 0 fully saturated rings. The molecule has 0 aliphatic rings. The van der Waals surface area contributed by atoms with E-state index in [4.69, 9.17) is 5.84 Å². The number of hydrazine groups is 1. The average Bonchev–Trinajstić information content (AvgIpc) is 2.29. The van der Waals surface area contributed by atoms with Gasteiger partial charge in [-0.15, -0.1) is 0 Å². The number of nitrogens with one attached hydrogen (secondary N) is 1. The van der Waals surface area contributed by atoms with Gasteiger partial charge in [-0.3, -0.25) is 5.43 Å². The molecule has 1 aromatic heterocycles. The fraction of sp³-hybridized carbons (Fsp3) is 0.0909. The van der Waals surface area contributed by atoms with Gasteiger partial charge in [0.05, 0.1) is 0 Å². The molecule has 0 atom stereocenters. The summed E-state index contributed by atoms with van der Waals surface area (Å²) in [6.45, 7) is 2.07. The van der Waals surface area contributed by atoms with Crippen LogP contribution in [0.3, 0.4) is 0 Å². The number of hydrogen-bond donors (Lipinski definition) is 2. The highest BCUT2D eigenvalue weighted by Gasteiger charge is 2.00. The Labute approximate surface area is 98.3 Å². The minimum Gasteiger partial charge on any atom is -0.292 e. The van der Waals surface area contributed by atoms with Gasteiger partial charge >= 0.3 is 0 Å². The quantitative estimate of drug-likeness (QED) is 0.482. The zero-order valence-corrected chi connectivity index (χ0v) is 9.66. The molecule has 0 saturated heterocycles. The smallest absolute Gasteiger partial charge is 0.238 e. The molecule has 0 aliphatic heterocycles. The molecule has 0 unspecified atom stereocenters. The molecule has 1 heterocycles. The molecule has 5 heteroatoms. The maximum atomic E-state index is 5.25. The van der Waals surface area contributed by atoms with Crippen molar-refractivity contribution in [2.75, 3.05) is 5.43 Å². The van der Waals surface area contributed by atoms with Gasteiger partial charge in [0.1, 0.15) is 5.03 Å². The second kappa shape index (κ2) is 4.96. The van der Waals surface area contributed by atoms with Crippen molar-refractivity contribution in [3.63, 3.8) is 0 Å². The molecule has 3 N–H and O–H groups in total. The molecule has 0 radical (unpaired) electrons. The fourth-order valence-corrected chi connectivity index (χ4v) is 2.16. The van der Waals surface area contributed by atoms with Gasteiger partial charge in [-0.05, 0) is 25.1 Å². The number of benzene rings is 1. The van der Waals surface area contributed by atoms with Crippen LogP contribution >= 0.6 is 11.8 Å². The monoisotopic (exact) mass is 232 g/mol. The molecule has 0 amide bonds. The lowest BCUT2D eigenvalue weighted by molar-refractivity contribution is 1.03. The second-order valence-electron chi connectivity index (χ2n) is 3.28. The Bertz CT molecular complexity index is 487. The van der Waals surface area contributed by atoms with Crippen molar-refractivity contribution in [3.8, 4) is 0 Å². The van der Waals surface area contributed by atoms with E-state index in [1.807, 2.05) is 12.1 Å². The first-order valence-electron chi connectivity index (χ1n) is 4.82. The van der Waals surface area contributed by atoms with Crippen LogP contribution in [0.25, 0.3) is 0 Å². The van der Waals surface area contributed by atoms with Gasteiger partial charge in [-0.25, -0.2) is 15.8 Å². The Morgan fingerprint density at radius 3 is 2.94 bits per heavy atom. The predicted molar refractivity (Wildman–Crippen MR) is 65.1 cm³/mol. The van der Waals surface area contributed by atoms with Gasteiger partial charge in [0, 0.05) is 11.1 Å². The third kappa shape index (κ3) is 2.71. The highest BCUT2D eigenvalue weighted by atomic mass is 32.2. The molecular formula is C11H12N4S. The minimum absolute atomic E-state index is 0.428. The standard InChI is InChI=1S/C11H12N4S/c1-8-3-2-4-9(7-8)16-10-5-6-13-11(14-10)15-12/h2-7H,12H2,1H3,(H,13,14,15). The number of anilines is 1. The van der Waals surface area contributed by atoms with Crippen LogP contribution < -0.4 is 11.3 Å². The average molecular weight is 232 g/mol. The van der Waals surface area contributed by atoms with Crippen LogP contribution in [0.2, 0.25) is 0 Å². The van der Waals surface area contributed by atoms with Gasteiger partial charge in [0.15, 0.2) is 0 Å². The Morgan fingerprint density at radius 2 is 2.19 bits per heavy atom. The number of aryl methyl sites for hydroxylation is 1. The number of nitrogens with two attached hydrogens (primary N) is 1. The van der Waals surface area contributed by atoms with Crippen molar-refractivity contribution in [3.05, 3.63) is 42.1 Å². The van der Waals surface area contributed by atoms with E-state index in [1.54, 1.807) is 18.0 Å². The lowest BCUT2D eigenvalue weighted by atomic mass is 10.2. The number of nitrogens with zero attached hydrogens (tertiary/aromatic N) is 2. The first-order valence-corrected chi connectivity index (χ1v) is 5.64. The summed E-state index contributed by atoms with van der Waals surface area (Å²) < 4.78 is 0. The summed E-state index contributed by atoms with van der Waals surface area (Å²) in [7, 11) is 0. The summed E-state index contributed by atoms with van der Waals surface area (Å²) in [5.74, 6) is 5.68. The van der Waals surface area contributed by atoms with Crippen molar-refractivity contribution in [1.82, 2.24) is 9.97 Å². The van der Waals surface area contributed by atoms with Crippen molar-refractivity contribution < 1.29 is 0 Å². The zero-order valence-electron chi connectivity index (χ0n) is 8.84. The Hall–Kier alpha value is -1.59. The lowest BCUT2D eigenvalue weighted by Crippen LogP contribution is -2.10. The van der Waals surface area contributed by atoms with Crippen LogP contribution in [0, 0.1) is 6.92 Å². The first kappa shape index (κ1) is 10.9. The fourth-order valence-electron chi connectivity index (χ4n) is 1.27. The largest absolute Gasteiger partial charge is 0.292 e. The third-order valence-electron chi connectivity index (χ3n) is 1.97. The van der Waals surface area contributed by atoms with Crippen molar-refractivity contribution in [1.29, 1.82) is 0 Å². The van der Waals surface area contributed by atoms with E-state index in [0.717, 1.165) is 9.92 Å². The molecule has 0 spiro atoms.